The van der Waals surface area contributed by atoms with Gasteiger partial charge in [-0.25, -0.2) is 0 Å². The van der Waals surface area contributed by atoms with Gasteiger partial charge in [0.15, 0.2) is 0 Å². The summed E-state index contributed by atoms with van der Waals surface area (Å²) in [6.45, 7) is 0. The van der Waals surface area contributed by atoms with Crippen LogP contribution in [0.3, 0.4) is 0 Å². The first-order valence-electron chi connectivity index (χ1n) is 13.0. The molecule has 0 spiro atoms. The lowest BCUT2D eigenvalue weighted by Crippen LogP contribution is -2.28. The van der Waals surface area contributed by atoms with Gasteiger partial charge in [-0.2, -0.15) is 0 Å². The second kappa shape index (κ2) is 9.17. The molecule has 0 fully saturated rings. The molecule has 0 saturated carbocycles. The summed E-state index contributed by atoms with van der Waals surface area (Å²) >= 11 is 6.69. The van der Waals surface area contributed by atoms with Gasteiger partial charge in [0.05, 0.1) is 5.41 Å². The Morgan fingerprint density at radius 1 is 0.368 bits per heavy atom. The normalized spacial score (nSPS) is 15.6. The molecule has 0 bridgehead atoms. The predicted molar refractivity (Wildman–Crippen MR) is 160 cm³/mol. The van der Waals surface area contributed by atoms with Gasteiger partial charge in [-0.15, -0.1) is 0 Å². The number of rotatable bonds is 4. The molecule has 0 saturated heterocycles. The van der Waals surface area contributed by atoms with Crippen LogP contribution >= 0.6 is 11.6 Å². The van der Waals surface area contributed by atoms with Crippen LogP contribution in [0.4, 0.5) is 0 Å². The molecule has 1 atom stereocenters. The maximum absolute atomic E-state index is 6.69. The van der Waals surface area contributed by atoms with Gasteiger partial charge in [0.25, 0.3) is 0 Å². The van der Waals surface area contributed by atoms with E-state index < -0.39 is 5.41 Å². The summed E-state index contributed by atoms with van der Waals surface area (Å²) < 4.78 is 0. The van der Waals surface area contributed by atoms with E-state index in [2.05, 4.69) is 140 Å². The molecule has 1 aliphatic rings. The van der Waals surface area contributed by atoms with Crippen LogP contribution in [0.2, 0.25) is 5.02 Å². The monoisotopic (exact) mass is 504 g/mol. The van der Waals surface area contributed by atoms with E-state index in [1.807, 2.05) is 12.1 Å². The zero-order valence-corrected chi connectivity index (χ0v) is 21.6. The molecule has 1 aliphatic carbocycles. The fourth-order valence-electron chi connectivity index (χ4n) is 6.18. The van der Waals surface area contributed by atoms with Gasteiger partial charge >= 0.3 is 0 Å². The molecule has 0 aliphatic heterocycles. The van der Waals surface area contributed by atoms with Crippen molar-refractivity contribution in [3.05, 3.63) is 179 Å². The first kappa shape index (κ1) is 22.8. The van der Waals surface area contributed by atoms with E-state index in [0.29, 0.717) is 0 Å². The van der Waals surface area contributed by atoms with E-state index in [-0.39, 0.29) is 0 Å². The number of benzene rings is 6. The highest BCUT2D eigenvalue weighted by Gasteiger charge is 2.46. The van der Waals surface area contributed by atoms with E-state index >= 15 is 0 Å². The highest BCUT2D eigenvalue weighted by atomic mass is 35.5. The Kier molecular flexibility index (Phi) is 5.50. The second-order valence-electron chi connectivity index (χ2n) is 9.85. The summed E-state index contributed by atoms with van der Waals surface area (Å²) in [6.07, 6.45) is 0. The molecule has 38 heavy (non-hydrogen) atoms. The number of hydrogen-bond acceptors (Lipinski definition) is 0. The van der Waals surface area contributed by atoms with Gasteiger partial charge in [-0.05, 0) is 68.3 Å². The highest BCUT2D eigenvalue weighted by molar-refractivity contribution is 6.33. The molecule has 0 aromatic heterocycles. The molecule has 0 N–H and O–H groups in total. The summed E-state index contributed by atoms with van der Waals surface area (Å²) in [7, 11) is 0. The molecule has 1 unspecified atom stereocenters. The predicted octanol–water partition coefficient (Wildman–Crippen LogP) is 10.0. The topological polar surface area (TPSA) is 0 Å². The first-order valence-corrected chi connectivity index (χ1v) is 13.4. The van der Waals surface area contributed by atoms with Gasteiger partial charge in [-0.3, -0.25) is 0 Å². The van der Waals surface area contributed by atoms with Crippen molar-refractivity contribution in [1.29, 1.82) is 0 Å². The Hall–Kier alpha value is -4.39. The lowest BCUT2D eigenvalue weighted by molar-refractivity contribution is 0.769. The number of halogens is 1. The Balaban J connectivity index is 1.58. The van der Waals surface area contributed by atoms with Crippen LogP contribution in [-0.4, -0.2) is 0 Å². The molecule has 0 amide bonds. The SMILES string of the molecule is Clc1ccccc1-c1ccc2c(c1)C(c1ccccc1)(c1cccc(-c3ccccc3)c1)c1ccccc1-2. The molecule has 6 aromatic carbocycles. The minimum absolute atomic E-state index is 0.463. The minimum atomic E-state index is -0.463. The number of hydrogen-bond donors (Lipinski definition) is 0. The largest absolute Gasteiger partial charge is 0.0837 e. The molecular weight excluding hydrogens is 480 g/mol. The molecule has 180 valence electrons. The smallest absolute Gasteiger partial charge is 0.0713 e. The van der Waals surface area contributed by atoms with E-state index in [0.717, 1.165) is 16.1 Å². The standard InChI is InChI=1S/C37H25Cl/c38-36-21-10-8-18-31(36)28-22-23-33-32-19-7-9-20-34(32)37(35(33)25-28,29-15-5-2-6-16-29)30-17-11-14-27(24-30)26-12-3-1-4-13-26/h1-25H. The molecule has 1 heteroatoms. The lowest BCUT2D eigenvalue weighted by atomic mass is 9.67. The van der Waals surface area contributed by atoms with Crippen LogP contribution in [0.15, 0.2) is 152 Å². The average Bonchev–Trinajstić information content (AvgIpc) is 3.29. The molecule has 0 radical (unpaired) electrons. The van der Waals surface area contributed by atoms with Crippen molar-refractivity contribution in [2.24, 2.45) is 0 Å². The van der Waals surface area contributed by atoms with E-state index in [1.165, 1.54) is 44.5 Å². The minimum Gasteiger partial charge on any atom is -0.0837 e. The Morgan fingerprint density at radius 3 is 1.76 bits per heavy atom. The van der Waals surface area contributed by atoms with Crippen LogP contribution in [0.5, 0.6) is 0 Å². The fourth-order valence-corrected chi connectivity index (χ4v) is 6.43. The van der Waals surface area contributed by atoms with Crippen molar-refractivity contribution in [1.82, 2.24) is 0 Å². The van der Waals surface area contributed by atoms with Gasteiger partial charge in [0, 0.05) is 10.6 Å². The van der Waals surface area contributed by atoms with Crippen LogP contribution in [0, 0.1) is 0 Å². The summed E-state index contributed by atoms with van der Waals surface area (Å²) in [4.78, 5) is 0. The second-order valence-corrected chi connectivity index (χ2v) is 10.3. The molecular formula is C37H25Cl. The van der Waals surface area contributed by atoms with Crippen molar-refractivity contribution in [3.63, 3.8) is 0 Å². The van der Waals surface area contributed by atoms with Crippen molar-refractivity contribution in [3.8, 4) is 33.4 Å². The number of fused-ring (bicyclic) bond motifs is 3. The Morgan fingerprint density at radius 2 is 0.974 bits per heavy atom. The maximum Gasteiger partial charge on any atom is 0.0713 e. The zero-order valence-electron chi connectivity index (χ0n) is 20.8. The molecule has 0 nitrogen and oxygen atoms in total. The van der Waals surface area contributed by atoms with Gasteiger partial charge in [0.1, 0.15) is 0 Å². The summed E-state index contributed by atoms with van der Waals surface area (Å²) in [6, 6.07) is 54.4. The Labute approximate surface area is 228 Å². The van der Waals surface area contributed by atoms with Crippen molar-refractivity contribution < 1.29 is 0 Å². The van der Waals surface area contributed by atoms with Crippen LogP contribution in [0.1, 0.15) is 22.3 Å². The highest BCUT2D eigenvalue weighted by Crippen LogP contribution is 2.57. The van der Waals surface area contributed by atoms with Crippen LogP contribution in [0.25, 0.3) is 33.4 Å². The van der Waals surface area contributed by atoms with Gasteiger partial charge in [0.2, 0.25) is 0 Å². The van der Waals surface area contributed by atoms with Crippen LogP contribution < -0.4 is 0 Å². The lowest BCUT2D eigenvalue weighted by Gasteiger charge is -2.34. The molecule has 0 heterocycles. The molecule has 6 aromatic rings. The van der Waals surface area contributed by atoms with Gasteiger partial charge in [-0.1, -0.05) is 145 Å². The first-order chi connectivity index (χ1) is 18.8. The molecule has 7 rings (SSSR count). The van der Waals surface area contributed by atoms with Gasteiger partial charge < -0.3 is 0 Å². The third-order valence-electron chi connectivity index (χ3n) is 7.84. The zero-order chi connectivity index (χ0) is 25.5. The van der Waals surface area contributed by atoms with E-state index in [9.17, 15) is 0 Å². The Bertz CT molecular complexity index is 1770. The summed E-state index contributed by atoms with van der Waals surface area (Å²) in [5, 5.41) is 0.763. The summed E-state index contributed by atoms with van der Waals surface area (Å²) in [5.41, 5.74) is 11.8. The van der Waals surface area contributed by atoms with Crippen molar-refractivity contribution in [2.45, 2.75) is 5.41 Å². The average molecular weight is 505 g/mol. The van der Waals surface area contributed by atoms with E-state index in [1.54, 1.807) is 0 Å². The van der Waals surface area contributed by atoms with Crippen LogP contribution in [-0.2, 0) is 5.41 Å². The fraction of sp³-hybridized carbons (Fsp3) is 0.0270. The summed E-state index contributed by atoms with van der Waals surface area (Å²) in [5.74, 6) is 0. The van der Waals surface area contributed by atoms with E-state index in [4.69, 9.17) is 11.6 Å². The van der Waals surface area contributed by atoms with Crippen molar-refractivity contribution in [2.75, 3.05) is 0 Å². The third-order valence-corrected chi connectivity index (χ3v) is 8.17. The third kappa shape index (κ3) is 3.45. The van der Waals surface area contributed by atoms with Crippen molar-refractivity contribution >= 4 is 11.6 Å². The maximum atomic E-state index is 6.69. The quantitative estimate of drug-likeness (QED) is 0.223.